The molecule has 1 fully saturated rings. The number of amides is 1. The molecule has 2 rings (SSSR count). The molecule has 1 aromatic rings. The van der Waals surface area contributed by atoms with Gasteiger partial charge in [0.2, 0.25) is 0 Å². The number of carbonyl (C=O) groups excluding carboxylic acids is 1. The predicted octanol–water partition coefficient (Wildman–Crippen LogP) is 1.08. The van der Waals surface area contributed by atoms with Crippen molar-refractivity contribution in [2.24, 2.45) is 5.73 Å². The number of hydrogen-bond donors (Lipinski definition) is 2. The second-order valence-corrected chi connectivity index (χ2v) is 4.58. The number of aromatic nitrogens is 1. The summed E-state index contributed by atoms with van der Waals surface area (Å²) in [6.07, 6.45) is 4.25. The highest BCUT2D eigenvalue weighted by Gasteiger charge is 2.26. The molecule has 0 saturated heterocycles. The van der Waals surface area contributed by atoms with E-state index in [0.717, 1.165) is 31.4 Å². The number of rotatable bonds is 7. The fraction of sp³-hybridized carbons (Fsp3) is 0.538. The highest BCUT2D eigenvalue weighted by atomic mass is 16.1. The van der Waals surface area contributed by atoms with Gasteiger partial charge in [-0.1, -0.05) is 6.92 Å². The molecule has 1 aliphatic rings. The molecule has 18 heavy (non-hydrogen) atoms. The Hall–Kier alpha value is -1.62. The molecule has 0 unspecified atom stereocenters. The van der Waals surface area contributed by atoms with E-state index >= 15 is 0 Å². The van der Waals surface area contributed by atoms with Crippen LogP contribution < -0.4 is 11.1 Å². The van der Waals surface area contributed by atoms with Crippen LogP contribution in [0.1, 0.15) is 30.3 Å². The van der Waals surface area contributed by atoms with Crippen LogP contribution in [0, 0.1) is 0 Å². The number of nitrogens with zero attached hydrogens (tertiary/aromatic N) is 2. The minimum atomic E-state index is -0.494. The van der Waals surface area contributed by atoms with Gasteiger partial charge in [0.15, 0.2) is 0 Å². The first kappa shape index (κ1) is 12.8. The zero-order valence-electron chi connectivity index (χ0n) is 10.7. The summed E-state index contributed by atoms with van der Waals surface area (Å²) < 4.78 is 0. The zero-order valence-corrected chi connectivity index (χ0v) is 10.7. The fourth-order valence-electron chi connectivity index (χ4n) is 2.06. The molecule has 1 aliphatic carbocycles. The standard InChI is InChI=1S/C13H20N4O/c1-2-17(11-3-4-11)8-7-15-10-5-6-16-12(9-10)13(14)18/h5-6,9,11H,2-4,7-8H2,1H3,(H2,14,18)(H,15,16). The lowest BCUT2D eigenvalue weighted by atomic mass is 10.3. The maximum Gasteiger partial charge on any atom is 0.267 e. The Balaban J connectivity index is 1.82. The molecule has 0 radical (unpaired) electrons. The molecule has 98 valence electrons. The van der Waals surface area contributed by atoms with Crippen LogP contribution in [-0.2, 0) is 0 Å². The van der Waals surface area contributed by atoms with Gasteiger partial charge in [0, 0.05) is 31.0 Å². The first-order valence-electron chi connectivity index (χ1n) is 6.44. The van der Waals surface area contributed by atoms with E-state index in [1.54, 1.807) is 12.3 Å². The Kier molecular flexibility index (Phi) is 4.15. The molecular formula is C13H20N4O. The molecule has 0 atom stereocenters. The van der Waals surface area contributed by atoms with Crippen LogP contribution in [0.15, 0.2) is 18.3 Å². The first-order valence-corrected chi connectivity index (χ1v) is 6.44. The Bertz CT molecular complexity index is 417. The second-order valence-electron chi connectivity index (χ2n) is 4.58. The van der Waals surface area contributed by atoms with Crippen LogP contribution >= 0.6 is 0 Å². The van der Waals surface area contributed by atoms with Gasteiger partial charge in [0.05, 0.1) is 0 Å². The minimum absolute atomic E-state index is 0.301. The van der Waals surface area contributed by atoms with Gasteiger partial charge >= 0.3 is 0 Å². The monoisotopic (exact) mass is 248 g/mol. The van der Waals surface area contributed by atoms with Crippen molar-refractivity contribution in [2.75, 3.05) is 25.0 Å². The predicted molar refractivity (Wildman–Crippen MR) is 71.5 cm³/mol. The molecule has 1 saturated carbocycles. The summed E-state index contributed by atoms with van der Waals surface area (Å²) in [5, 5.41) is 3.30. The fourth-order valence-corrected chi connectivity index (χ4v) is 2.06. The number of nitrogens with one attached hydrogen (secondary N) is 1. The summed E-state index contributed by atoms with van der Waals surface area (Å²) in [6, 6.07) is 4.32. The van der Waals surface area contributed by atoms with Gasteiger partial charge in [-0.15, -0.1) is 0 Å². The third-order valence-electron chi connectivity index (χ3n) is 3.21. The molecule has 5 heteroatoms. The molecule has 0 aliphatic heterocycles. The van der Waals surface area contributed by atoms with Gasteiger partial charge < -0.3 is 11.1 Å². The summed E-state index contributed by atoms with van der Waals surface area (Å²) in [5.41, 5.74) is 6.39. The quantitative estimate of drug-likeness (QED) is 0.757. The van der Waals surface area contributed by atoms with E-state index in [-0.39, 0.29) is 0 Å². The summed E-state index contributed by atoms with van der Waals surface area (Å²) in [7, 11) is 0. The molecule has 1 heterocycles. The summed E-state index contributed by atoms with van der Waals surface area (Å²) >= 11 is 0. The van der Waals surface area contributed by atoms with E-state index < -0.39 is 5.91 Å². The highest BCUT2D eigenvalue weighted by Crippen LogP contribution is 2.25. The zero-order chi connectivity index (χ0) is 13.0. The third kappa shape index (κ3) is 3.43. The summed E-state index contributed by atoms with van der Waals surface area (Å²) in [6.45, 7) is 5.17. The molecule has 1 amide bonds. The number of carbonyl (C=O) groups is 1. The number of primary amides is 1. The average molecular weight is 248 g/mol. The molecule has 0 bridgehead atoms. The van der Waals surface area contributed by atoms with Gasteiger partial charge in [-0.05, 0) is 31.5 Å². The molecule has 0 aromatic carbocycles. The van der Waals surface area contributed by atoms with E-state index in [4.69, 9.17) is 5.73 Å². The molecule has 5 nitrogen and oxygen atoms in total. The van der Waals surface area contributed by atoms with Gasteiger partial charge in [-0.3, -0.25) is 14.7 Å². The number of pyridine rings is 1. The van der Waals surface area contributed by atoms with E-state index in [0.29, 0.717) is 5.69 Å². The Morgan fingerprint density at radius 3 is 3.00 bits per heavy atom. The van der Waals surface area contributed by atoms with Crippen molar-refractivity contribution in [3.63, 3.8) is 0 Å². The van der Waals surface area contributed by atoms with Crippen LogP contribution in [0.2, 0.25) is 0 Å². The van der Waals surface area contributed by atoms with E-state index in [1.165, 1.54) is 12.8 Å². The van der Waals surface area contributed by atoms with E-state index in [2.05, 4.69) is 22.1 Å². The lowest BCUT2D eigenvalue weighted by Crippen LogP contribution is -2.30. The van der Waals surface area contributed by atoms with Crippen molar-refractivity contribution in [1.29, 1.82) is 0 Å². The van der Waals surface area contributed by atoms with Crippen molar-refractivity contribution < 1.29 is 4.79 Å². The lowest BCUT2D eigenvalue weighted by molar-refractivity contribution is 0.0995. The van der Waals surface area contributed by atoms with Crippen molar-refractivity contribution in [1.82, 2.24) is 9.88 Å². The molecule has 3 N–H and O–H groups in total. The normalized spacial score (nSPS) is 14.8. The van der Waals surface area contributed by atoms with Crippen molar-refractivity contribution >= 4 is 11.6 Å². The maximum absolute atomic E-state index is 11.0. The summed E-state index contributed by atoms with van der Waals surface area (Å²) in [4.78, 5) is 17.4. The first-order chi connectivity index (χ1) is 8.70. The van der Waals surface area contributed by atoms with Crippen molar-refractivity contribution in [3.8, 4) is 0 Å². The number of anilines is 1. The van der Waals surface area contributed by atoms with Gasteiger partial charge in [0.25, 0.3) is 5.91 Å². The minimum Gasteiger partial charge on any atom is -0.384 e. The molecule has 0 spiro atoms. The van der Waals surface area contributed by atoms with E-state index in [1.807, 2.05) is 6.07 Å². The highest BCUT2D eigenvalue weighted by molar-refractivity contribution is 5.91. The molecular weight excluding hydrogens is 228 g/mol. The largest absolute Gasteiger partial charge is 0.384 e. The number of nitrogens with two attached hydrogens (primary N) is 1. The van der Waals surface area contributed by atoms with Gasteiger partial charge in [0.1, 0.15) is 5.69 Å². The van der Waals surface area contributed by atoms with Crippen LogP contribution in [0.5, 0.6) is 0 Å². The lowest BCUT2D eigenvalue weighted by Gasteiger charge is -2.20. The van der Waals surface area contributed by atoms with E-state index in [9.17, 15) is 4.79 Å². The Morgan fingerprint density at radius 2 is 2.39 bits per heavy atom. The van der Waals surface area contributed by atoms with Crippen LogP contribution in [0.4, 0.5) is 5.69 Å². The molecule has 1 aromatic heterocycles. The topological polar surface area (TPSA) is 71.2 Å². The van der Waals surface area contributed by atoms with Crippen molar-refractivity contribution in [2.45, 2.75) is 25.8 Å². The Morgan fingerprint density at radius 1 is 1.61 bits per heavy atom. The van der Waals surface area contributed by atoms with Crippen molar-refractivity contribution in [3.05, 3.63) is 24.0 Å². The Labute approximate surface area is 107 Å². The SMILES string of the molecule is CCN(CCNc1ccnc(C(N)=O)c1)C1CC1. The van der Waals surface area contributed by atoms with Gasteiger partial charge in [-0.25, -0.2) is 0 Å². The van der Waals surface area contributed by atoms with Gasteiger partial charge in [-0.2, -0.15) is 0 Å². The number of hydrogen-bond acceptors (Lipinski definition) is 4. The van der Waals surface area contributed by atoms with Crippen LogP contribution in [0.3, 0.4) is 0 Å². The summed E-state index contributed by atoms with van der Waals surface area (Å²) in [5.74, 6) is -0.494. The second kappa shape index (κ2) is 5.82. The third-order valence-corrected chi connectivity index (χ3v) is 3.21. The van der Waals surface area contributed by atoms with Crippen LogP contribution in [-0.4, -0.2) is 41.5 Å². The van der Waals surface area contributed by atoms with Crippen LogP contribution in [0.25, 0.3) is 0 Å². The maximum atomic E-state index is 11.0. The number of likely N-dealkylation sites (N-methyl/N-ethyl adjacent to an activating group) is 1. The smallest absolute Gasteiger partial charge is 0.267 e. The average Bonchev–Trinajstić information content (AvgIpc) is 3.19.